The van der Waals surface area contributed by atoms with Gasteiger partial charge in [0, 0.05) is 19.1 Å². The molecule has 1 saturated heterocycles. The molecule has 0 spiro atoms. The van der Waals surface area contributed by atoms with Gasteiger partial charge in [-0.15, -0.1) is 0 Å². The highest BCUT2D eigenvalue weighted by atomic mass is 32.2. The van der Waals surface area contributed by atoms with Gasteiger partial charge in [0.05, 0.1) is 17.9 Å². The monoisotopic (exact) mass is 430 g/mol. The van der Waals surface area contributed by atoms with E-state index in [1.807, 2.05) is 51.1 Å². The minimum atomic E-state index is -3.50. The average molecular weight is 431 g/mol. The zero-order valence-corrected chi connectivity index (χ0v) is 18.7. The summed E-state index contributed by atoms with van der Waals surface area (Å²) < 4.78 is 32.8. The molecule has 1 fully saturated rings. The van der Waals surface area contributed by atoms with Gasteiger partial charge in [0.2, 0.25) is 15.9 Å². The first kappa shape index (κ1) is 22.3. The van der Waals surface area contributed by atoms with Crippen molar-refractivity contribution in [2.45, 2.75) is 51.0 Å². The Morgan fingerprint density at radius 3 is 2.33 bits per heavy atom. The molecule has 1 N–H and O–H groups in total. The summed E-state index contributed by atoms with van der Waals surface area (Å²) in [6.45, 7) is 7.23. The number of sulfonamides is 1. The fraction of sp³-hybridized carbons (Fsp3) is 0.435. The fourth-order valence-electron chi connectivity index (χ4n) is 3.60. The predicted octanol–water partition coefficient (Wildman–Crippen LogP) is 3.21. The van der Waals surface area contributed by atoms with Crippen molar-refractivity contribution in [2.24, 2.45) is 0 Å². The van der Waals surface area contributed by atoms with Crippen molar-refractivity contribution >= 4 is 15.9 Å². The molecule has 1 aliphatic rings. The molecule has 0 aliphatic carbocycles. The lowest BCUT2D eigenvalue weighted by Gasteiger charge is -2.31. The molecule has 0 bridgehead atoms. The van der Waals surface area contributed by atoms with Crippen LogP contribution < -0.4 is 10.1 Å². The summed E-state index contributed by atoms with van der Waals surface area (Å²) in [6, 6.07) is 12.7. The highest BCUT2D eigenvalue weighted by Crippen LogP contribution is 2.23. The third-order valence-corrected chi connectivity index (χ3v) is 7.43. The molecule has 0 radical (unpaired) electrons. The van der Waals surface area contributed by atoms with E-state index in [1.54, 1.807) is 12.1 Å². The van der Waals surface area contributed by atoms with Gasteiger partial charge in [0.15, 0.2) is 0 Å². The van der Waals surface area contributed by atoms with E-state index in [0.29, 0.717) is 43.9 Å². The van der Waals surface area contributed by atoms with Crippen molar-refractivity contribution in [3.05, 3.63) is 59.2 Å². The maximum Gasteiger partial charge on any atom is 0.243 e. The van der Waals surface area contributed by atoms with E-state index in [1.165, 1.54) is 4.31 Å². The Kier molecular flexibility index (Phi) is 7.15. The first-order valence-corrected chi connectivity index (χ1v) is 11.8. The van der Waals surface area contributed by atoms with E-state index in [2.05, 4.69) is 5.32 Å². The number of nitrogens with zero attached hydrogens (tertiary/aromatic N) is 1. The summed E-state index contributed by atoms with van der Waals surface area (Å²) in [5.74, 6) is 0.744. The molecule has 1 amide bonds. The minimum Gasteiger partial charge on any atom is -0.494 e. The van der Waals surface area contributed by atoms with Gasteiger partial charge in [-0.2, -0.15) is 4.31 Å². The van der Waals surface area contributed by atoms with Crippen LogP contribution in [0.2, 0.25) is 0 Å². The van der Waals surface area contributed by atoms with Crippen LogP contribution in [0.5, 0.6) is 5.75 Å². The standard InChI is InChI=1S/C23H30N2O4S/c1-4-29-21-8-6-19(7-9-21)16-23(26)24-20-11-13-25(14-12-20)30(27,28)22-10-5-17(2)18(3)15-22/h5-10,15,20H,4,11-14,16H2,1-3H3,(H,24,26). The highest BCUT2D eigenvalue weighted by molar-refractivity contribution is 7.89. The van der Waals surface area contributed by atoms with Crippen molar-refractivity contribution in [2.75, 3.05) is 19.7 Å². The average Bonchev–Trinajstić information content (AvgIpc) is 2.72. The molecule has 162 valence electrons. The van der Waals surface area contributed by atoms with E-state index in [4.69, 9.17) is 4.74 Å². The summed E-state index contributed by atoms with van der Waals surface area (Å²) in [5, 5.41) is 3.04. The van der Waals surface area contributed by atoms with Crippen LogP contribution in [0.3, 0.4) is 0 Å². The first-order chi connectivity index (χ1) is 14.3. The molecule has 1 heterocycles. The smallest absolute Gasteiger partial charge is 0.243 e. The number of ether oxygens (including phenoxy) is 1. The van der Waals surface area contributed by atoms with Gasteiger partial charge < -0.3 is 10.1 Å². The Bertz CT molecular complexity index is 979. The molecule has 0 saturated carbocycles. The number of hydrogen-bond acceptors (Lipinski definition) is 4. The molecule has 0 atom stereocenters. The van der Waals surface area contributed by atoms with E-state index in [0.717, 1.165) is 22.4 Å². The van der Waals surface area contributed by atoms with E-state index < -0.39 is 10.0 Å². The van der Waals surface area contributed by atoms with E-state index in [9.17, 15) is 13.2 Å². The summed E-state index contributed by atoms with van der Waals surface area (Å²) in [6.07, 6.45) is 1.52. The van der Waals surface area contributed by atoms with E-state index in [-0.39, 0.29) is 11.9 Å². The first-order valence-electron chi connectivity index (χ1n) is 10.4. The van der Waals surface area contributed by atoms with Gasteiger partial charge in [0.1, 0.15) is 5.75 Å². The van der Waals surface area contributed by atoms with Gasteiger partial charge in [-0.3, -0.25) is 4.79 Å². The normalized spacial score (nSPS) is 15.7. The van der Waals surface area contributed by atoms with Crippen LogP contribution in [-0.2, 0) is 21.2 Å². The third-order valence-electron chi connectivity index (χ3n) is 5.53. The molecule has 7 heteroatoms. The number of carbonyl (C=O) groups is 1. The Hall–Kier alpha value is -2.38. The number of aryl methyl sites for hydroxylation is 2. The number of nitrogens with one attached hydrogen (secondary N) is 1. The molecule has 2 aromatic carbocycles. The lowest BCUT2D eigenvalue weighted by Crippen LogP contribution is -2.46. The third kappa shape index (κ3) is 5.40. The van der Waals surface area contributed by atoms with Crippen LogP contribution >= 0.6 is 0 Å². The largest absolute Gasteiger partial charge is 0.494 e. The highest BCUT2D eigenvalue weighted by Gasteiger charge is 2.30. The number of carbonyl (C=O) groups excluding carboxylic acids is 1. The second-order valence-corrected chi connectivity index (χ2v) is 9.68. The van der Waals surface area contributed by atoms with Crippen molar-refractivity contribution in [3.63, 3.8) is 0 Å². The molecular weight excluding hydrogens is 400 g/mol. The summed E-state index contributed by atoms with van der Waals surface area (Å²) >= 11 is 0. The maximum atomic E-state index is 12.9. The molecule has 30 heavy (non-hydrogen) atoms. The zero-order chi connectivity index (χ0) is 21.7. The molecule has 2 aromatic rings. The molecule has 0 aromatic heterocycles. The number of hydrogen-bond donors (Lipinski definition) is 1. The van der Waals surface area contributed by atoms with Crippen LogP contribution in [0.25, 0.3) is 0 Å². The quantitative estimate of drug-likeness (QED) is 0.732. The number of benzene rings is 2. The predicted molar refractivity (Wildman–Crippen MR) is 117 cm³/mol. The maximum absolute atomic E-state index is 12.9. The Morgan fingerprint density at radius 2 is 1.73 bits per heavy atom. The molecule has 6 nitrogen and oxygen atoms in total. The molecule has 3 rings (SSSR count). The van der Waals surface area contributed by atoms with Gasteiger partial charge in [-0.05, 0) is 74.6 Å². The van der Waals surface area contributed by atoms with E-state index >= 15 is 0 Å². The van der Waals surface area contributed by atoms with Crippen molar-refractivity contribution in [3.8, 4) is 5.75 Å². The molecule has 0 unspecified atom stereocenters. The van der Waals surface area contributed by atoms with Gasteiger partial charge in [0.25, 0.3) is 0 Å². The SMILES string of the molecule is CCOc1ccc(CC(=O)NC2CCN(S(=O)(=O)c3ccc(C)c(C)c3)CC2)cc1. The van der Waals surface area contributed by atoms with Gasteiger partial charge in [-0.1, -0.05) is 18.2 Å². The van der Waals surface area contributed by atoms with Crippen LogP contribution in [-0.4, -0.2) is 44.4 Å². The second kappa shape index (κ2) is 9.62. The van der Waals surface area contributed by atoms with Crippen LogP contribution in [0.1, 0.15) is 36.5 Å². The summed E-state index contributed by atoms with van der Waals surface area (Å²) in [5.41, 5.74) is 2.96. The van der Waals surface area contributed by atoms with Crippen molar-refractivity contribution < 1.29 is 17.9 Å². The second-order valence-electron chi connectivity index (χ2n) is 7.75. The Labute approximate surface area is 179 Å². The van der Waals surface area contributed by atoms with Crippen molar-refractivity contribution in [1.29, 1.82) is 0 Å². The number of amides is 1. The summed E-state index contributed by atoms with van der Waals surface area (Å²) in [7, 11) is -3.50. The molecule has 1 aliphatic heterocycles. The fourth-order valence-corrected chi connectivity index (χ4v) is 5.15. The van der Waals surface area contributed by atoms with Gasteiger partial charge in [-0.25, -0.2) is 8.42 Å². The van der Waals surface area contributed by atoms with Crippen LogP contribution in [0.15, 0.2) is 47.4 Å². The lowest BCUT2D eigenvalue weighted by atomic mass is 10.1. The van der Waals surface area contributed by atoms with Crippen LogP contribution in [0.4, 0.5) is 0 Å². The molecular formula is C23H30N2O4S. The van der Waals surface area contributed by atoms with Crippen LogP contribution in [0, 0.1) is 13.8 Å². The summed E-state index contributed by atoms with van der Waals surface area (Å²) in [4.78, 5) is 12.7. The van der Waals surface area contributed by atoms with Crippen molar-refractivity contribution in [1.82, 2.24) is 9.62 Å². The lowest BCUT2D eigenvalue weighted by molar-refractivity contribution is -0.121. The Morgan fingerprint density at radius 1 is 1.07 bits per heavy atom. The number of rotatable bonds is 7. The number of piperidine rings is 1. The minimum absolute atomic E-state index is 0.00796. The van der Waals surface area contributed by atoms with Gasteiger partial charge >= 0.3 is 0 Å². The topological polar surface area (TPSA) is 75.7 Å². The Balaban J connectivity index is 1.52. The zero-order valence-electron chi connectivity index (χ0n) is 17.8.